The molecule has 0 saturated heterocycles. The molecule has 0 fully saturated rings. The van der Waals surface area contributed by atoms with Crippen molar-refractivity contribution in [3.05, 3.63) is 59.7 Å². The lowest BCUT2D eigenvalue weighted by molar-refractivity contribution is -0.145. The highest BCUT2D eigenvalue weighted by Crippen LogP contribution is 2.35. The molecule has 1 amide bonds. The summed E-state index contributed by atoms with van der Waals surface area (Å²) in [5, 5.41) is 2.75. The van der Waals surface area contributed by atoms with Crippen molar-refractivity contribution >= 4 is 23.8 Å². The zero-order valence-corrected chi connectivity index (χ0v) is 15.4. The molecular formula is C21H21NO5. The third-order valence-corrected chi connectivity index (χ3v) is 4.07. The van der Waals surface area contributed by atoms with Gasteiger partial charge in [-0.1, -0.05) is 24.3 Å². The molecule has 1 aliphatic heterocycles. The van der Waals surface area contributed by atoms with Gasteiger partial charge in [-0.2, -0.15) is 0 Å². The van der Waals surface area contributed by atoms with E-state index in [4.69, 9.17) is 14.2 Å². The number of anilines is 1. The predicted molar refractivity (Wildman–Crippen MR) is 102 cm³/mol. The zero-order chi connectivity index (χ0) is 19.4. The number of rotatable bonds is 4. The van der Waals surface area contributed by atoms with Crippen LogP contribution in [0.5, 0.6) is 11.5 Å². The van der Waals surface area contributed by atoms with Crippen LogP contribution in [0.1, 0.15) is 25.0 Å². The molecule has 27 heavy (non-hydrogen) atoms. The van der Waals surface area contributed by atoms with Crippen molar-refractivity contribution in [1.82, 2.24) is 0 Å². The molecule has 6 heteroatoms. The second kappa shape index (κ2) is 7.53. The molecule has 1 N–H and O–H groups in total. The zero-order valence-electron chi connectivity index (χ0n) is 15.4. The molecule has 6 nitrogen and oxygen atoms in total. The van der Waals surface area contributed by atoms with Crippen LogP contribution in [0.4, 0.5) is 10.5 Å². The topological polar surface area (TPSA) is 73.9 Å². The van der Waals surface area contributed by atoms with Gasteiger partial charge in [0.2, 0.25) is 0 Å². The Kier molecular flexibility index (Phi) is 5.16. The van der Waals surface area contributed by atoms with Crippen LogP contribution in [0.15, 0.2) is 48.5 Å². The smallest absolute Gasteiger partial charge is 0.417 e. The van der Waals surface area contributed by atoms with Gasteiger partial charge in [0, 0.05) is 18.2 Å². The van der Waals surface area contributed by atoms with E-state index < -0.39 is 11.7 Å². The predicted octanol–water partition coefficient (Wildman–Crippen LogP) is 4.33. The summed E-state index contributed by atoms with van der Waals surface area (Å²) in [5.41, 5.74) is 1.54. The van der Waals surface area contributed by atoms with Gasteiger partial charge >= 0.3 is 12.1 Å². The van der Waals surface area contributed by atoms with Gasteiger partial charge in [-0.15, -0.1) is 0 Å². The van der Waals surface area contributed by atoms with E-state index in [1.165, 1.54) is 6.92 Å². The quantitative estimate of drug-likeness (QED) is 0.814. The summed E-state index contributed by atoms with van der Waals surface area (Å²) in [6.45, 7) is 5.19. The van der Waals surface area contributed by atoms with Crippen LogP contribution in [-0.2, 0) is 9.53 Å². The third kappa shape index (κ3) is 4.67. The third-order valence-electron chi connectivity index (χ3n) is 4.07. The number of nitrogens with one attached hydrogen (secondary N) is 1. The van der Waals surface area contributed by atoms with Crippen LogP contribution < -0.4 is 14.8 Å². The SMILES string of the molecule is CC(=O)OCC1(C)C=Cc2cc(NC(=O)Oc3ccccc3)c(C)cc2O1. The van der Waals surface area contributed by atoms with E-state index in [0.29, 0.717) is 17.2 Å². The van der Waals surface area contributed by atoms with Crippen molar-refractivity contribution in [3.8, 4) is 11.5 Å². The summed E-state index contributed by atoms with van der Waals surface area (Å²) < 4.78 is 16.3. The molecule has 0 aromatic heterocycles. The standard InChI is InChI=1S/C21H21NO5/c1-14-11-19-16(9-10-21(3,27-19)13-25-15(2)23)12-18(14)22-20(24)26-17-7-5-4-6-8-17/h4-12H,13H2,1-3H3,(H,22,24). The minimum Gasteiger partial charge on any atom is -0.479 e. The molecule has 0 bridgehead atoms. The highest BCUT2D eigenvalue weighted by atomic mass is 16.6. The van der Waals surface area contributed by atoms with Gasteiger partial charge in [0.1, 0.15) is 18.1 Å². The highest BCUT2D eigenvalue weighted by Gasteiger charge is 2.29. The van der Waals surface area contributed by atoms with Gasteiger partial charge in [-0.25, -0.2) is 4.79 Å². The fourth-order valence-electron chi connectivity index (χ4n) is 2.66. The molecule has 1 aliphatic rings. The van der Waals surface area contributed by atoms with Crippen LogP contribution in [0, 0.1) is 6.92 Å². The molecule has 0 spiro atoms. The largest absolute Gasteiger partial charge is 0.479 e. The van der Waals surface area contributed by atoms with Crippen molar-refractivity contribution in [2.24, 2.45) is 0 Å². The Hall–Kier alpha value is -3.28. The Labute approximate surface area is 157 Å². The summed E-state index contributed by atoms with van der Waals surface area (Å²) in [7, 11) is 0. The number of esters is 1. The first-order valence-electron chi connectivity index (χ1n) is 8.55. The Balaban J connectivity index is 1.73. The van der Waals surface area contributed by atoms with Gasteiger partial charge in [-0.05, 0) is 49.8 Å². The monoisotopic (exact) mass is 367 g/mol. The first-order chi connectivity index (χ1) is 12.8. The molecule has 2 aromatic rings. The number of fused-ring (bicyclic) bond motifs is 1. The van der Waals surface area contributed by atoms with Crippen LogP contribution in [0.25, 0.3) is 6.08 Å². The summed E-state index contributed by atoms with van der Waals surface area (Å²) in [5.74, 6) is 0.772. The number of amides is 1. The summed E-state index contributed by atoms with van der Waals surface area (Å²) >= 11 is 0. The number of hydrogen-bond donors (Lipinski definition) is 1. The maximum atomic E-state index is 12.1. The Morgan fingerprint density at radius 3 is 2.63 bits per heavy atom. The number of benzene rings is 2. The van der Waals surface area contributed by atoms with E-state index >= 15 is 0 Å². The summed E-state index contributed by atoms with van der Waals surface area (Å²) in [4.78, 5) is 23.2. The molecule has 1 heterocycles. The molecule has 0 aliphatic carbocycles. The Morgan fingerprint density at radius 1 is 1.19 bits per heavy atom. The molecule has 0 radical (unpaired) electrons. The lowest BCUT2D eigenvalue weighted by atomic mass is 9.99. The van der Waals surface area contributed by atoms with E-state index in [9.17, 15) is 9.59 Å². The van der Waals surface area contributed by atoms with Crippen LogP contribution in [-0.4, -0.2) is 24.3 Å². The molecule has 1 unspecified atom stereocenters. The first kappa shape index (κ1) is 18.5. The van der Waals surface area contributed by atoms with E-state index in [1.807, 2.05) is 44.2 Å². The van der Waals surface area contributed by atoms with Crippen LogP contribution >= 0.6 is 0 Å². The normalized spacial score (nSPS) is 17.4. The van der Waals surface area contributed by atoms with Gasteiger partial charge in [0.15, 0.2) is 5.60 Å². The van der Waals surface area contributed by atoms with Crippen LogP contribution in [0.2, 0.25) is 0 Å². The van der Waals surface area contributed by atoms with Gasteiger partial charge in [0.05, 0.1) is 0 Å². The maximum absolute atomic E-state index is 12.1. The number of hydrogen-bond acceptors (Lipinski definition) is 5. The van der Waals surface area contributed by atoms with Gasteiger partial charge in [-0.3, -0.25) is 10.1 Å². The minimum atomic E-state index is -0.730. The van der Waals surface area contributed by atoms with E-state index in [0.717, 1.165) is 11.1 Å². The fourth-order valence-corrected chi connectivity index (χ4v) is 2.66. The average Bonchev–Trinajstić information content (AvgIpc) is 2.62. The minimum absolute atomic E-state index is 0.126. The molecule has 3 rings (SSSR count). The van der Waals surface area contributed by atoms with E-state index in [-0.39, 0.29) is 12.6 Å². The van der Waals surface area contributed by atoms with Crippen molar-refractivity contribution in [2.45, 2.75) is 26.4 Å². The summed E-state index contributed by atoms with van der Waals surface area (Å²) in [6.07, 6.45) is 3.15. The fraction of sp³-hybridized carbons (Fsp3) is 0.238. The molecule has 0 saturated carbocycles. The highest BCUT2D eigenvalue weighted by molar-refractivity contribution is 5.88. The summed E-state index contributed by atoms with van der Waals surface area (Å²) in [6, 6.07) is 12.5. The van der Waals surface area contributed by atoms with Gasteiger partial charge < -0.3 is 14.2 Å². The lowest BCUT2D eigenvalue weighted by Gasteiger charge is -2.31. The van der Waals surface area contributed by atoms with E-state index in [1.54, 1.807) is 24.3 Å². The molecule has 1 atom stereocenters. The van der Waals surface area contributed by atoms with Crippen molar-refractivity contribution in [3.63, 3.8) is 0 Å². The Bertz CT molecular complexity index is 891. The van der Waals surface area contributed by atoms with Crippen molar-refractivity contribution in [2.75, 3.05) is 11.9 Å². The average molecular weight is 367 g/mol. The van der Waals surface area contributed by atoms with Crippen LogP contribution in [0.3, 0.4) is 0 Å². The lowest BCUT2D eigenvalue weighted by Crippen LogP contribution is -2.37. The first-order valence-corrected chi connectivity index (χ1v) is 8.55. The number of ether oxygens (including phenoxy) is 3. The van der Waals surface area contributed by atoms with Gasteiger partial charge in [0.25, 0.3) is 0 Å². The van der Waals surface area contributed by atoms with Crippen molar-refractivity contribution in [1.29, 1.82) is 0 Å². The number of carbonyl (C=O) groups excluding carboxylic acids is 2. The van der Waals surface area contributed by atoms with E-state index in [2.05, 4.69) is 5.32 Å². The second-order valence-electron chi connectivity index (χ2n) is 6.56. The molecular weight excluding hydrogens is 346 g/mol. The van der Waals surface area contributed by atoms with Crippen molar-refractivity contribution < 1.29 is 23.8 Å². The second-order valence-corrected chi connectivity index (χ2v) is 6.56. The number of para-hydroxylation sites is 1. The maximum Gasteiger partial charge on any atom is 0.417 e. The molecule has 2 aromatic carbocycles. The number of carbonyl (C=O) groups is 2. The molecule has 140 valence electrons. The number of aryl methyl sites for hydroxylation is 1. The Morgan fingerprint density at radius 2 is 1.93 bits per heavy atom.